The predicted octanol–water partition coefficient (Wildman–Crippen LogP) is 2.99. The average Bonchev–Trinajstić information content (AvgIpc) is 2.58. The van der Waals surface area contributed by atoms with Crippen molar-refractivity contribution in [2.24, 2.45) is 0 Å². The second kappa shape index (κ2) is 8.15. The molecule has 1 amide bonds. The number of nitrogens with one attached hydrogen (secondary N) is 1. The summed E-state index contributed by atoms with van der Waals surface area (Å²) < 4.78 is 31.9. The minimum atomic E-state index is -1.36. The van der Waals surface area contributed by atoms with Crippen molar-refractivity contribution in [3.05, 3.63) is 69.8 Å². The molecular weight excluding hydrogens is 350 g/mol. The van der Waals surface area contributed by atoms with Gasteiger partial charge in [0.2, 0.25) is 0 Å². The summed E-state index contributed by atoms with van der Waals surface area (Å²) in [5.74, 6) is -3.78. The molecule has 0 saturated carbocycles. The number of halogens is 2. The Morgan fingerprint density at radius 1 is 1.15 bits per heavy atom. The summed E-state index contributed by atoms with van der Waals surface area (Å²) in [5, 5.41) is 12.9. The van der Waals surface area contributed by atoms with E-state index in [4.69, 9.17) is 4.74 Å². The first-order chi connectivity index (χ1) is 12.3. The van der Waals surface area contributed by atoms with Crippen LogP contribution in [0.3, 0.4) is 0 Å². The van der Waals surface area contributed by atoms with Crippen molar-refractivity contribution in [1.82, 2.24) is 0 Å². The molecule has 9 heteroatoms. The molecule has 2 rings (SSSR count). The number of carbonyl (C=O) groups excluding carboxylic acids is 2. The SMILES string of the molecule is CC(OC(=O)Cc1ccccc1[N+](=O)[O-])C(=O)Nc1c(F)cccc1F. The standard InChI is InChI=1S/C17H14F2N2O5/c1-10(17(23)20-16-12(18)6-4-7-13(16)19)26-15(22)9-11-5-2-3-8-14(11)21(24)25/h2-8,10H,9H2,1H3,(H,20,23). The first kappa shape index (κ1) is 19.0. The maximum atomic E-state index is 13.5. The molecule has 0 aliphatic heterocycles. The molecule has 0 aliphatic rings. The zero-order valence-electron chi connectivity index (χ0n) is 13.6. The summed E-state index contributed by atoms with van der Waals surface area (Å²) in [4.78, 5) is 34.1. The number of nitrogens with zero attached hydrogens (tertiary/aromatic N) is 1. The highest BCUT2D eigenvalue weighted by atomic mass is 19.1. The number of hydrogen-bond acceptors (Lipinski definition) is 5. The molecule has 0 bridgehead atoms. The third-order valence-electron chi connectivity index (χ3n) is 3.41. The van der Waals surface area contributed by atoms with Gasteiger partial charge in [0.1, 0.15) is 17.3 Å². The number of benzene rings is 2. The Hall–Kier alpha value is -3.36. The quantitative estimate of drug-likeness (QED) is 0.483. The lowest BCUT2D eigenvalue weighted by Gasteiger charge is -2.14. The van der Waals surface area contributed by atoms with E-state index in [1.54, 1.807) is 0 Å². The van der Waals surface area contributed by atoms with Crippen LogP contribution in [0.4, 0.5) is 20.2 Å². The molecule has 0 radical (unpaired) electrons. The molecule has 0 heterocycles. The van der Waals surface area contributed by atoms with Gasteiger partial charge >= 0.3 is 5.97 Å². The Labute approximate surface area is 146 Å². The summed E-state index contributed by atoms with van der Waals surface area (Å²) in [5.41, 5.74) is -0.788. The molecule has 0 spiro atoms. The summed E-state index contributed by atoms with van der Waals surface area (Å²) in [6.07, 6.45) is -1.78. The molecule has 2 aromatic rings. The Bertz CT molecular complexity index is 837. The number of amides is 1. The Balaban J connectivity index is 2.01. The molecule has 1 atom stereocenters. The second-order valence-corrected chi connectivity index (χ2v) is 5.28. The van der Waals surface area contributed by atoms with Crippen molar-refractivity contribution >= 4 is 23.3 Å². The van der Waals surface area contributed by atoms with E-state index in [0.717, 1.165) is 18.2 Å². The summed E-state index contributed by atoms with van der Waals surface area (Å²) >= 11 is 0. The lowest BCUT2D eigenvalue weighted by Crippen LogP contribution is -2.31. The van der Waals surface area contributed by atoms with Crippen molar-refractivity contribution in [2.45, 2.75) is 19.4 Å². The van der Waals surface area contributed by atoms with Gasteiger partial charge in [-0.25, -0.2) is 8.78 Å². The summed E-state index contributed by atoms with van der Waals surface area (Å²) in [6, 6.07) is 8.65. The number of anilines is 1. The summed E-state index contributed by atoms with van der Waals surface area (Å²) in [7, 11) is 0. The van der Waals surface area contributed by atoms with E-state index in [0.29, 0.717) is 0 Å². The molecular formula is C17H14F2N2O5. The third-order valence-corrected chi connectivity index (χ3v) is 3.41. The minimum Gasteiger partial charge on any atom is -0.452 e. The molecule has 2 aromatic carbocycles. The number of nitro groups is 1. The van der Waals surface area contributed by atoms with Gasteiger partial charge in [-0.05, 0) is 19.1 Å². The van der Waals surface area contributed by atoms with Crippen molar-refractivity contribution in [3.8, 4) is 0 Å². The van der Waals surface area contributed by atoms with Crippen molar-refractivity contribution in [3.63, 3.8) is 0 Å². The number of para-hydroxylation sites is 2. The Kier molecular flexibility index (Phi) is 5.94. The van der Waals surface area contributed by atoms with Gasteiger partial charge in [-0.2, -0.15) is 0 Å². The van der Waals surface area contributed by atoms with E-state index < -0.39 is 46.6 Å². The number of ether oxygens (including phenoxy) is 1. The smallest absolute Gasteiger partial charge is 0.311 e. The predicted molar refractivity (Wildman–Crippen MR) is 87.3 cm³/mol. The largest absolute Gasteiger partial charge is 0.452 e. The van der Waals surface area contributed by atoms with Crippen LogP contribution in [-0.4, -0.2) is 22.9 Å². The molecule has 26 heavy (non-hydrogen) atoms. The van der Waals surface area contributed by atoms with E-state index in [2.05, 4.69) is 0 Å². The number of nitro benzene ring substituents is 1. The zero-order valence-corrected chi connectivity index (χ0v) is 13.6. The van der Waals surface area contributed by atoms with Gasteiger partial charge in [-0.3, -0.25) is 19.7 Å². The number of carbonyl (C=O) groups is 2. The van der Waals surface area contributed by atoms with E-state index in [-0.39, 0.29) is 11.3 Å². The molecule has 1 N–H and O–H groups in total. The van der Waals surface area contributed by atoms with Crippen molar-refractivity contribution in [1.29, 1.82) is 0 Å². The summed E-state index contributed by atoms with van der Waals surface area (Å²) in [6.45, 7) is 1.21. The van der Waals surface area contributed by atoms with Gasteiger partial charge in [-0.15, -0.1) is 0 Å². The Morgan fingerprint density at radius 3 is 2.38 bits per heavy atom. The van der Waals surface area contributed by atoms with Crippen LogP contribution in [0.1, 0.15) is 12.5 Å². The molecule has 1 unspecified atom stereocenters. The van der Waals surface area contributed by atoms with Gasteiger partial charge in [0.15, 0.2) is 6.10 Å². The maximum Gasteiger partial charge on any atom is 0.311 e. The van der Waals surface area contributed by atoms with Crippen molar-refractivity contribution in [2.75, 3.05) is 5.32 Å². The fraction of sp³-hybridized carbons (Fsp3) is 0.176. The fourth-order valence-corrected chi connectivity index (χ4v) is 2.13. The molecule has 0 aliphatic carbocycles. The lowest BCUT2D eigenvalue weighted by molar-refractivity contribution is -0.385. The maximum absolute atomic E-state index is 13.5. The van der Waals surface area contributed by atoms with Crippen LogP contribution >= 0.6 is 0 Å². The average molecular weight is 364 g/mol. The molecule has 0 saturated heterocycles. The van der Waals surface area contributed by atoms with Gasteiger partial charge in [-0.1, -0.05) is 24.3 Å². The molecule has 0 aromatic heterocycles. The number of esters is 1. The van der Waals surface area contributed by atoms with Crippen LogP contribution in [-0.2, 0) is 20.7 Å². The van der Waals surface area contributed by atoms with E-state index in [1.807, 2.05) is 5.32 Å². The highest BCUT2D eigenvalue weighted by Crippen LogP contribution is 2.20. The van der Waals surface area contributed by atoms with E-state index >= 15 is 0 Å². The fourth-order valence-electron chi connectivity index (χ4n) is 2.13. The van der Waals surface area contributed by atoms with Gasteiger partial charge in [0.25, 0.3) is 11.6 Å². The van der Waals surface area contributed by atoms with Crippen LogP contribution in [0, 0.1) is 21.7 Å². The van der Waals surface area contributed by atoms with Crippen LogP contribution in [0.25, 0.3) is 0 Å². The molecule has 136 valence electrons. The van der Waals surface area contributed by atoms with E-state index in [1.165, 1.54) is 31.2 Å². The van der Waals surface area contributed by atoms with Crippen LogP contribution in [0.5, 0.6) is 0 Å². The lowest BCUT2D eigenvalue weighted by atomic mass is 10.1. The zero-order chi connectivity index (χ0) is 19.3. The van der Waals surface area contributed by atoms with Gasteiger partial charge < -0.3 is 10.1 Å². The van der Waals surface area contributed by atoms with Crippen LogP contribution in [0.2, 0.25) is 0 Å². The number of hydrogen-bond donors (Lipinski definition) is 1. The second-order valence-electron chi connectivity index (χ2n) is 5.28. The third kappa shape index (κ3) is 4.59. The van der Waals surface area contributed by atoms with E-state index in [9.17, 15) is 28.5 Å². The van der Waals surface area contributed by atoms with Crippen LogP contribution in [0.15, 0.2) is 42.5 Å². The molecule has 0 fully saturated rings. The van der Waals surface area contributed by atoms with Crippen molar-refractivity contribution < 1.29 is 28.0 Å². The highest BCUT2D eigenvalue weighted by molar-refractivity contribution is 5.95. The topological polar surface area (TPSA) is 98.5 Å². The minimum absolute atomic E-state index is 0.121. The van der Waals surface area contributed by atoms with Gasteiger partial charge in [0.05, 0.1) is 11.3 Å². The van der Waals surface area contributed by atoms with Gasteiger partial charge in [0, 0.05) is 11.6 Å². The highest BCUT2D eigenvalue weighted by Gasteiger charge is 2.22. The Morgan fingerprint density at radius 2 is 1.77 bits per heavy atom. The molecule has 7 nitrogen and oxygen atoms in total. The van der Waals surface area contributed by atoms with Crippen LogP contribution < -0.4 is 5.32 Å². The number of rotatable bonds is 6. The first-order valence-corrected chi connectivity index (χ1v) is 7.46. The normalized spacial score (nSPS) is 11.5. The monoisotopic (exact) mass is 364 g/mol. The first-order valence-electron chi connectivity index (χ1n) is 7.46.